The van der Waals surface area contributed by atoms with Crippen molar-refractivity contribution in [1.82, 2.24) is 4.98 Å². The summed E-state index contributed by atoms with van der Waals surface area (Å²) < 4.78 is 5.27. The molecule has 0 saturated heterocycles. The molecule has 0 saturated carbocycles. The van der Waals surface area contributed by atoms with Crippen LogP contribution in [0.25, 0.3) is 10.9 Å². The maximum absolute atomic E-state index is 12.2. The molecule has 0 unspecified atom stereocenters. The fourth-order valence-electron chi connectivity index (χ4n) is 2.14. The molecule has 21 heavy (non-hydrogen) atoms. The van der Waals surface area contributed by atoms with Crippen LogP contribution >= 0.6 is 11.3 Å². The van der Waals surface area contributed by atoms with Crippen molar-refractivity contribution in [2.45, 2.75) is 6.42 Å². The van der Waals surface area contributed by atoms with Gasteiger partial charge in [-0.2, -0.15) is 0 Å². The summed E-state index contributed by atoms with van der Waals surface area (Å²) in [6.07, 6.45) is 2.08. The number of thiophene rings is 1. The number of ether oxygens (including phenoxy) is 1. The minimum atomic E-state index is -0.0577. The zero-order chi connectivity index (χ0) is 14.7. The summed E-state index contributed by atoms with van der Waals surface area (Å²) in [4.78, 5) is 17.5. The van der Waals surface area contributed by atoms with E-state index in [-0.39, 0.29) is 5.91 Å². The summed E-state index contributed by atoms with van der Waals surface area (Å²) in [5, 5.41) is 5.82. The van der Waals surface area contributed by atoms with Gasteiger partial charge in [0.1, 0.15) is 5.75 Å². The van der Waals surface area contributed by atoms with Gasteiger partial charge in [0.05, 0.1) is 24.7 Å². The molecule has 1 amide bonds. The van der Waals surface area contributed by atoms with Gasteiger partial charge in [0.15, 0.2) is 0 Å². The number of hydrogen-bond acceptors (Lipinski definition) is 4. The van der Waals surface area contributed by atoms with Crippen LogP contribution in [-0.2, 0) is 11.2 Å². The third-order valence-corrected chi connectivity index (χ3v) is 3.98. The molecular formula is C16H14N2O2S. The largest absolute Gasteiger partial charge is 0.497 e. The Morgan fingerprint density at radius 3 is 3.00 bits per heavy atom. The topological polar surface area (TPSA) is 51.2 Å². The van der Waals surface area contributed by atoms with Crippen molar-refractivity contribution in [2.75, 3.05) is 12.4 Å². The molecule has 3 aromatic rings. The Hall–Kier alpha value is -2.40. The van der Waals surface area contributed by atoms with E-state index in [9.17, 15) is 4.79 Å². The number of carbonyl (C=O) groups is 1. The van der Waals surface area contributed by atoms with Crippen molar-refractivity contribution in [2.24, 2.45) is 0 Å². The Morgan fingerprint density at radius 1 is 1.33 bits per heavy atom. The zero-order valence-corrected chi connectivity index (χ0v) is 12.3. The number of pyridine rings is 1. The fourth-order valence-corrected chi connectivity index (χ4v) is 2.85. The molecule has 0 spiro atoms. The van der Waals surface area contributed by atoms with E-state index in [4.69, 9.17) is 4.74 Å². The fraction of sp³-hybridized carbons (Fsp3) is 0.125. The van der Waals surface area contributed by atoms with E-state index in [1.807, 2.05) is 35.7 Å². The predicted octanol–water partition coefficient (Wildman–Crippen LogP) is 3.49. The first-order valence-electron chi connectivity index (χ1n) is 6.51. The van der Waals surface area contributed by atoms with E-state index >= 15 is 0 Å². The molecule has 2 aromatic heterocycles. The van der Waals surface area contributed by atoms with Gasteiger partial charge in [-0.15, -0.1) is 11.3 Å². The van der Waals surface area contributed by atoms with E-state index in [1.165, 1.54) is 0 Å². The van der Waals surface area contributed by atoms with Crippen LogP contribution in [0.1, 0.15) is 4.88 Å². The Labute approximate surface area is 126 Å². The number of fused-ring (bicyclic) bond motifs is 1. The number of methoxy groups -OCH3 is 1. The van der Waals surface area contributed by atoms with Gasteiger partial charge >= 0.3 is 0 Å². The quantitative estimate of drug-likeness (QED) is 0.802. The van der Waals surface area contributed by atoms with Crippen molar-refractivity contribution in [1.29, 1.82) is 0 Å². The van der Waals surface area contributed by atoms with Gasteiger partial charge in [-0.1, -0.05) is 12.1 Å². The first-order valence-corrected chi connectivity index (χ1v) is 7.39. The lowest BCUT2D eigenvalue weighted by Gasteiger charge is -2.10. The van der Waals surface area contributed by atoms with Gasteiger partial charge < -0.3 is 10.1 Å². The number of hydrogen-bond donors (Lipinski definition) is 1. The molecule has 3 rings (SSSR count). The van der Waals surface area contributed by atoms with Crippen LogP contribution in [0.5, 0.6) is 5.75 Å². The molecular weight excluding hydrogens is 284 g/mol. The van der Waals surface area contributed by atoms with Crippen LogP contribution in [0.15, 0.2) is 48.0 Å². The molecule has 0 fully saturated rings. The van der Waals surface area contributed by atoms with Crippen molar-refractivity contribution < 1.29 is 9.53 Å². The summed E-state index contributed by atoms with van der Waals surface area (Å²) in [6.45, 7) is 0. The molecule has 1 aromatic carbocycles. The predicted molar refractivity (Wildman–Crippen MR) is 84.9 cm³/mol. The molecule has 0 atom stereocenters. The number of nitrogens with zero attached hydrogens (tertiary/aromatic N) is 1. The third kappa shape index (κ3) is 3.03. The van der Waals surface area contributed by atoms with E-state index in [1.54, 1.807) is 30.7 Å². The van der Waals surface area contributed by atoms with Crippen LogP contribution in [0.4, 0.5) is 5.69 Å². The average Bonchev–Trinajstić information content (AvgIpc) is 2.99. The summed E-state index contributed by atoms with van der Waals surface area (Å²) in [6, 6.07) is 11.4. The van der Waals surface area contributed by atoms with Crippen molar-refractivity contribution in [3.8, 4) is 5.75 Å². The standard InChI is InChI=1S/C16H14N2O2S/c1-20-12-8-11-4-2-6-17-16(11)14(9-12)18-15(19)10-13-5-3-7-21-13/h2-9H,10H2,1H3,(H,18,19). The summed E-state index contributed by atoms with van der Waals surface area (Å²) >= 11 is 1.57. The summed E-state index contributed by atoms with van der Waals surface area (Å²) in [5.41, 5.74) is 1.43. The van der Waals surface area contributed by atoms with Crippen molar-refractivity contribution >= 4 is 33.8 Å². The smallest absolute Gasteiger partial charge is 0.229 e. The second-order valence-corrected chi connectivity index (χ2v) is 5.59. The van der Waals surface area contributed by atoms with Gasteiger partial charge in [0.25, 0.3) is 0 Å². The molecule has 0 bridgehead atoms. The van der Waals surface area contributed by atoms with Crippen LogP contribution < -0.4 is 10.1 Å². The molecule has 4 nitrogen and oxygen atoms in total. The van der Waals surface area contributed by atoms with Crippen molar-refractivity contribution in [3.63, 3.8) is 0 Å². The van der Waals surface area contributed by atoms with Crippen LogP contribution in [0, 0.1) is 0 Å². The van der Waals surface area contributed by atoms with Crippen LogP contribution in [-0.4, -0.2) is 18.0 Å². The van der Waals surface area contributed by atoms with Crippen LogP contribution in [0.3, 0.4) is 0 Å². The maximum atomic E-state index is 12.2. The maximum Gasteiger partial charge on any atom is 0.229 e. The first kappa shape index (κ1) is 13.6. The normalized spacial score (nSPS) is 10.5. The minimum absolute atomic E-state index is 0.0577. The average molecular weight is 298 g/mol. The van der Waals surface area contributed by atoms with Gasteiger partial charge in [0.2, 0.25) is 5.91 Å². The number of carbonyl (C=O) groups excluding carboxylic acids is 1. The lowest BCUT2D eigenvalue weighted by Crippen LogP contribution is -2.14. The van der Waals surface area contributed by atoms with E-state index < -0.39 is 0 Å². The van der Waals surface area contributed by atoms with Crippen LogP contribution in [0.2, 0.25) is 0 Å². The summed E-state index contributed by atoms with van der Waals surface area (Å²) in [7, 11) is 1.61. The van der Waals surface area contributed by atoms with Gasteiger partial charge in [-0.05, 0) is 23.6 Å². The molecule has 0 radical (unpaired) electrons. The number of benzene rings is 1. The Morgan fingerprint density at radius 2 is 2.24 bits per heavy atom. The highest BCUT2D eigenvalue weighted by Crippen LogP contribution is 2.27. The molecule has 5 heteroatoms. The minimum Gasteiger partial charge on any atom is -0.497 e. The Balaban J connectivity index is 1.90. The number of aromatic nitrogens is 1. The van der Waals surface area contributed by atoms with Crippen molar-refractivity contribution in [3.05, 3.63) is 52.9 Å². The van der Waals surface area contributed by atoms with Gasteiger partial charge in [0, 0.05) is 22.5 Å². The first-order chi connectivity index (χ1) is 10.3. The highest BCUT2D eigenvalue weighted by Gasteiger charge is 2.10. The van der Waals surface area contributed by atoms with E-state index in [0.29, 0.717) is 17.9 Å². The zero-order valence-electron chi connectivity index (χ0n) is 11.5. The molecule has 2 heterocycles. The second kappa shape index (κ2) is 5.93. The van der Waals surface area contributed by atoms with Gasteiger partial charge in [-0.25, -0.2) is 0 Å². The lowest BCUT2D eigenvalue weighted by atomic mass is 10.1. The summed E-state index contributed by atoms with van der Waals surface area (Å²) in [5.74, 6) is 0.638. The third-order valence-electron chi connectivity index (χ3n) is 3.10. The Bertz CT molecular complexity index is 769. The monoisotopic (exact) mass is 298 g/mol. The second-order valence-electron chi connectivity index (χ2n) is 4.55. The highest BCUT2D eigenvalue weighted by molar-refractivity contribution is 7.10. The van der Waals surface area contributed by atoms with Gasteiger partial charge in [-0.3, -0.25) is 9.78 Å². The van der Waals surface area contributed by atoms with E-state index in [0.717, 1.165) is 15.8 Å². The Kier molecular flexibility index (Phi) is 3.83. The molecule has 1 N–H and O–H groups in total. The molecule has 0 aliphatic rings. The number of nitrogens with one attached hydrogen (secondary N) is 1. The lowest BCUT2D eigenvalue weighted by molar-refractivity contribution is -0.115. The molecule has 0 aliphatic heterocycles. The number of anilines is 1. The SMILES string of the molecule is COc1cc(NC(=O)Cc2cccs2)c2ncccc2c1. The van der Waals surface area contributed by atoms with E-state index in [2.05, 4.69) is 10.3 Å². The highest BCUT2D eigenvalue weighted by atomic mass is 32.1. The number of rotatable bonds is 4. The number of amides is 1. The molecule has 0 aliphatic carbocycles. The molecule has 106 valence electrons.